The third kappa shape index (κ3) is 6.23. The van der Waals surface area contributed by atoms with Crippen LogP contribution in [0.25, 0.3) is 5.70 Å². The Labute approximate surface area is 224 Å². The second-order valence-corrected chi connectivity index (χ2v) is 8.71. The molecule has 0 saturated carbocycles. The third-order valence-electron chi connectivity index (χ3n) is 6.00. The Bertz CT molecular complexity index is 1390. The first-order valence-corrected chi connectivity index (χ1v) is 12.5. The second-order valence-electron chi connectivity index (χ2n) is 8.71. The maximum Gasteiger partial charge on any atom is 0.338 e. The number of anilines is 2. The van der Waals surface area contributed by atoms with Gasteiger partial charge < -0.3 is 20.7 Å². The van der Waals surface area contributed by atoms with Crippen LogP contribution in [0.2, 0.25) is 0 Å². The number of rotatable bonds is 8. The quantitative estimate of drug-likeness (QED) is 0.306. The average molecular weight is 535 g/mol. The standard InChI is InChI=1S/C29H28F2N4O4/c1-3-16-35-26(19-8-6-5-7-9-19)24(27(36)39-4-2)25(34-29(35)38)18-10-13-21(14-11-18)32-28(37)33-23-15-12-20(30)17-22(23)31/h5-15,17,25H,3-4,16H2,1-2H3,(H,34,38)(H2,32,33,37). The van der Waals surface area contributed by atoms with Crippen molar-refractivity contribution in [3.05, 3.63) is 101 Å². The highest BCUT2D eigenvalue weighted by molar-refractivity contribution is 6.05. The summed E-state index contributed by atoms with van der Waals surface area (Å²) in [5, 5.41) is 7.81. The molecule has 0 spiro atoms. The van der Waals surface area contributed by atoms with E-state index in [1.165, 1.54) is 0 Å². The lowest BCUT2D eigenvalue weighted by molar-refractivity contribution is -0.138. The van der Waals surface area contributed by atoms with Crippen molar-refractivity contribution in [3.8, 4) is 0 Å². The maximum atomic E-state index is 13.9. The van der Waals surface area contributed by atoms with Crippen LogP contribution in [0.5, 0.6) is 0 Å². The molecular weight excluding hydrogens is 506 g/mol. The largest absolute Gasteiger partial charge is 0.463 e. The number of ether oxygens (including phenoxy) is 1. The van der Waals surface area contributed by atoms with E-state index in [1.807, 2.05) is 37.3 Å². The predicted octanol–water partition coefficient (Wildman–Crippen LogP) is 6.06. The molecule has 1 aliphatic rings. The highest BCUT2D eigenvalue weighted by Crippen LogP contribution is 2.37. The Morgan fingerprint density at radius 3 is 2.33 bits per heavy atom. The molecule has 0 saturated heterocycles. The summed E-state index contributed by atoms with van der Waals surface area (Å²) in [6, 6.07) is 16.6. The number of urea groups is 2. The van der Waals surface area contributed by atoms with E-state index in [4.69, 9.17) is 4.74 Å². The van der Waals surface area contributed by atoms with Gasteiger partial charge in [0.15, 0.2) is 0 Å². The van der Waals surface area contributed by atoms with Crippen LogP contribution in [0, 0.1) is 11.6 Å². The van der Waals surface area contributed by atoms with E-state index in [0.29, 0.717) is 47.1 Å². The van der Waals surface area contributed by atoms with Crippen LogP contribution in [0.15, 0.2) is 78.4 Å². The molecule has 0 aromatic heterocycles. The average Bonchev–Trinajstić information content (AvgIpc) is 2.92. The number of carbonyl (C=O) groups excluding carboxylic acids is 3. The lowest BCUT2D eigenvalue weighted by Gasteiger charge is -2.36. The molecule has 0 fully saturated rings. The molecule has 4 amide bonds. The fourth-order valence-electron chi connectivity index (χ4n) is 4.31. The Morgan fingerprint density at radius 2 is 1.69 bits per heavy atom. The summed E-state index contributed by atoms with van der Waals surface area (Å²) in [5.41, 5.74) is 2.26. The summed E-state index contributed by atoms with van der Waals surface area (Å²) in [6.07, 6.45) is 0.675. The second kappa shape index (κ2) is 12.2. The van der Waals surface area contributed by atoms with E-state index in [0.717, 1.165) is 12.1 Å². The maximum absolute atomic E-state index is 13.9. The van der Waals surface area contributed by atoms with Gasteiger partial charge in [-0.05, 0) is 48.7 Å². The molecule has 3 N–H and O–H groups in total. The van der Waals surface area contributed by atoms with Crippen LogP contribution in [0.3, 0.4) is 0 Å². The van der Waals surface area contributed by atoms with Crippen LogP contribution in [0.4, 0.5) is 29.7 Å². The van der Waals surface area contributed by atoms with Crippen molar-refractivity contribution < 1.29 is 27.9 Å². The molecule has 0 radical (unpaired) electrons. The van der Waals surface area contributed by atoms with Gasteiger partial charge in [-0.15, -0.1) is 0 Å². The van der Waals surface area contributed by atoms with Crippen molar-refractivity contribution in [3.63, 3.8) is 0 Å². The van der Waals surface area contributed by atoms with Crippen molar-refractivity contribution in [2.45, 2.75) is 26.3 Å². The predicted molar refractivity (Wildman–Crippen MR) is 144 cm³/mol. The summed E-state index contributed by atoms with van der Waals surface area (Å²) < 4.78 is 32.4. The van der Waals surface area contributed by atoms with E-state index in [2.05, 4.69) is 16.0 Å². The summed E-state index contributed by atoms with van der Waals surface area (Å²) in [4.78, 5) is 40.4. The lowest BCUT2D eigenvalue weighted by atomic mass is 9.91. The van der Waals surface area contributed by atoms with E-state index < -0.39 is 29.7 Å². The van der Waals surface area contributed by atoms with Crippen molar-refractivity contribution in [2.24, 2.45) is 0 Å². The minimum absolute atomic E-state index is 0.158. The zero-order chi connectivity index (χ0) is 27.9. The summed E-state index contributed by atoms with van der Waals surface area (Å²) in [6.45, 7) is 4.21. The number of carbonyl (C=O) groups is 3. The van der Waals surface area contributed by atoms with Gasteiger partial charge in [0.2, 0.25) is 0 Å². The first-order valence-electron chi connectivity index (χ1n) is 12.5. The summed E-state index contributed by atoms with van der Waals surface area (Å²) in [7, 11) is 0. The number of benzene rings is 3. The Hall–Kier alpha value is -4.73. The number of esters is 1. The first kappa shape index (κ1) is 27.3. The van der Waals surface area contributed by atoms with Crippen molar-refractivity contribution >= 4 is 35.1 Å². The van der Waals surface area contributed by atoms with Crippen LogP contribution in [-0.4, -0.2) is 36.1 Å². The van der Waals surface area contributed by atoms with Crippen molar-refractivity contribution in [2.75, 3.05) is 23.8 Å². The Kier molecular flexibility index (Phi) is 8.55. The minimum atomic E-state index is -0.904. The fraction of sp³-hybridized carbons (Fsp3) is 0.207. The molecule has 1 heterocycles. The number of nitrogens with one attached hydrogen (secondary N) is 3. The fourth-order valence-corrected chi connectivity index (χ4v) is 4.31. The molecule has 0 bridgehead atoms. The molecule has 3 aromatic rings. The van der Waals surface area contributed by atoms with Crippen LogP contribution < -0.4 is 16.0 Å². The van der Waals surface area contributed by atoms with Crippen molar-refractivity contribution in [1.82, 2.24) is 10.2 Å². The smallest absolute Gasteiger partial charge is 0.338 e. The number of hydrogen-bond donors (Lipinski definition) is 3. The lowest BCUT2D eigenvalue weighted by Crippen LogP contribution is -2.48. The summed E-state index contributed by atoms with van der Waals surface area (Å²) in [5.74, 6) is -2.21. The zero-order valence-electron chi connectivity index (χ0n) is 21.5. The van der Waals surface area contributed by atoms with Gasteiger partial charge in [-0.1, -0.05) is 49.4 Å². The number of halogens is 2. The zero-order valence-corrected chi connectivity index (χ0v) is 21.5. The molecule has 10 heteroatoms. The third-order valence-corrected chi connectivity index (χ3v) is 6.00. The highest BCUT2D eigenvalue weighted by atomic mass is 19.1. The molecule has 0 aliphatic carbocycles. The number of hydrogen-bond acceptors (Lipinski definition) is 4. The molecule has 39 heavy (non-hydrogen) atoms. The minimum Gasteiger partial charge on any atom is -0.463 e. The van der Waals surface area contributed by atoms with Gasteiger partial charge >= 0.3 is 18.0 Å². The van der Waals surface area contributed by atoms with Gasteiger partial charge in [-0.3, -0.25) is 4.90 Å². The topological polar surface area (TPSA) is 99.8 Å². The first-order chi connectivity index (χ1) is 18.8. The Morgan fingerprint density at radius 1 is 0.974 bits per heavy atom. The van der Waals surface area contributed by atoms with Gasteiger partial charge in [-0.25, -0.2) is 23.2 Å². The molecule has 4 rings (SSSR count). The number of amides is 4. The van der Waals surface area contributed by atoms with Gasteiger partial charge in [0.05, 0.1) is 29.6 Å². The van der Waals surface area contributed by atoms with Crippen molar-refractivity contribution in [1.29, 1.82) is 0 Å². The van der Waals surface area contributed by atoms with E-state index in [-0.39, 0.29) is 18.3 Å². The normalized spacial score (nSPS) is 15.0. The van der Waals surface area contributed by atoms with Crippen LogP contribution in [0.1, 0.15) is 37.4 Å². The van der Waals surface area contributed by atoms with Crippen LogP contribution >= 0.6 is 0 Å². The van der Waals surface area contributed by atoms with E-state index >= 15 is 0 Å². The van der Waals surface area contributed by atoms with Gasteiger partial charge in [0, 0.05) is 18.3 Å². The number of nitrogens with zero attached hydrogens (tertiary/aromatic N) is 1. The van der Waals surface area contributed by atoms with Gasteiger partial charge in [0.1, 0.15) is 11.6 Å². The summed E-state index contributed by atoms with van der Waals surface area (Å²) >= 11 is 0. The molecule has 1 aliphatic heterocycles. The monoisotopic (exact) mass is 534 g/mol. The van der Waals surface area contributed by atoms with E-state index in [9.17, 15) is 23.2 Å². The highest BCUT2D eigenvalue weighted by Gasteiger charge is 2.38. The van der Waals surface area contributed by atoms with Crippen LogP contribution in [-0.2, 0) is 9.53 Å². The molecule has 202 valence electrons. The molecule has 3 aromatic carbocycles. The molecular formula is C29H28F2N4O4. The van der Waals surface area contributed by atoms with Gasteiger partial charge in [0.25, 0.3) is 0 Å². The van der Waals surface area contributed by atoms with E-state index in [1.54, 1.807) is 36.1 Å². The Balaban J connectivity index is 1.65. The SMILES string of the molecule is CCCN1C(=O)NC(c2ccc(NC(=O)Nc3ccc(F)cc3F)cc2)C(C(=O)OCC)=C1c1ccccc1. The molecule has 1 atom stereocenters. The van der Waals surface area contributed by atoms with Gasteiger partial charge in [-0.2, -0.15) is 0 Å². The molecule has 1 unspecified atom stereocenters. The molecule has 8 nitrogen and oxygen atoms in total.